The number of esters is 2. The monoisotopic (exact) mass is 365 g/mol. The van der Waals surface area contributed by atoms with Crippen LogP contribution in [0.4, 0.5) is 5.82 Å². The fourth-order valence-electron chi connectivity index (χ4n) is 3.87. The molecule has 0 aliphatic carbocycles. The van der Waals surface area contributed by atoms with Gasteiger partial charge < -0.3 is 9.47 Å². The summed E-state index contributed by atoms with van der Waals surface area (Å²) >= 11 is 0. The molecule has 3 atom stereocenters. The first-order chi connectivity index (χ1) is 13.2. The molecule has 0 N–H and O–H groups in total. The number of methoxy groups -OCH3 is 2. The Balaban J connectivity index is 1.92. The molecule has 27 heavy (non-hydrogen) atoms. The zero-order valence-electron chi connectivity index (χ0n) is 15.0. The summed E-state index contributed by atoms with van der Waals surface area (Å²) < 4.78 is 10.1. The highest BCUT2D eigenvalue weighted by Crippen LogP contribution is 2.47. The Morgan fingerprint density at radius 3 is 2.44 bits per heavy atom. The highest BCUT2D eigenvalue weighted by molar-refractivity contribution is 5.89. The summed E-state index contributed by atoms with van der Waals surface area (Å²) in [4.78, 5) is 29.9. The Labute approximate surface area is 156 Å². The van der Waals surface area contributed by atoms with Crippen LogP contribution in [0.3, 0.4) is 0 Å². The second-order valence-electron chi connectivity index (χ2n) is 6.32. The molecule has 2 aliphatic heterocycles. The van der Waals surface area contributed by atoms with Gasteiger partial charge in [-0.2, -0.15) is 0 Å². The maximum absolute atomic E-state index is 12.8. The Kier molecular flexibility index (Phi) is 4.27. The number of hydrazine groups is 1. The molecule has 2 aliphatic rings. The van der Waals surface area contributed by atoms with Crippen molar-refractivity contribution in [3.05, 3.63) is 66.0 Å². The van der Waals surface area contributed by atoms with Crippen LogP contribution in [0.1, 0.15) is 17.2 Å². The number of pyridine rings is 1. The van der Waals surface area contributed by atoms with Gasteiger partial charge in [0.2, 0.25) is 0 Å². The van der Waals surface area contributed by atoms with E-state index in [9.17, 15) is 9.59 Å². The number of carbonyl (C=O) groups is 2. The summed E-state index contributed by atoms with van der Waals surface area (Å²) in [7, 11) is 2.64. The summed E-state index contributed by atoms with van der Waals surface area (Å²) in [6, 6.07) is 11.9. The van der Waals surface area contributed by atoms with Gasteiger partial charge in [-0.3, -0.25) is 14.8 Å². The van der Waals surface area contributed by atoms with Crippen molar-refractivity contribution in [2.45, 2.75) is 12.1 Å². The SMILES string of the molecule is COC(=O)[C@@H]1C2c3ccccc3C=CN2N(c2ccccn2)[C@H]1C(=O)OC. The Morgan fingerprint density at radius 1 is 1.00 bits per heavy atom. The topological polar surface area (TPSA) is 72.0 Å². The van der Waals surface area contributed by atoms with Crippen LogP contribution in [0, 0.1) is 5.92 Å². The fourth-order valence-corrected chi connectivity index (χ4v) is 3.87. The standard InChI is InChI=1S/C20H19N3O4/c1-26-19(24)16-17-14-8-4-3-7-13(14)10-12-22(17)23(18(16)20(25)27-2)15-9-5-6-11-21-15/h3-12,16-18H,1-2H3/t16-,17?,18-/m1/s1. The van der Waals surface area contributed by atoms with Crippen LogP contribution in [0.25, 0.3) is 6.08 Å². The van der Waals surface area contributed by atoms with E-state index < -0.39 is 29.9 Å². The van der Waals surface area contributed by atoms with Crippen molar-refractivity contribution >= 4 is 23.8 Å². The van der Waals surface area contributed by atoms with Crippen LogP contribution in [0.5, 0.6) is 0 Å². The number of carbonyl (C=O) groups excluding carboxylic acids is 2. The predicted molar refractivity (Wildman–Crippen MR) is 98.1 cm³/mol. The minimum absolute atomic E-state index is 0.398. The van der Waals surface area contributed by atoms with Gasteiger partial charge in [0, 0.05) is 12.4 Å². The molecule has 0 spiro atoms. The van der Waals surface area contributed by atoms with Crippen LogP contribution >= 0.6 is 0 Å². The van der Waals surface area contributed by atoms with Crippen molar-refractivity contribution in [3.8, 4) is 0 Å². The van der Waals surface area contributed by atoms with E-state index >= 15 is 0 Å². The number of anilines is 1. The number of rotatable bonds is 3. The number of ether oxygens (including phenoxy) is 2. The van der Waals surface area contributed by atoms with Gasteiger partial charge in [0.15, 0.2) is 6.04 Å². The Bertz CT molecular complexity index is 883. The minimum atomic E-state index is -0.891. The van der Waals surface area contributed by atoms with Crippen LogP contribution in [-0.4, -0.2) is 42.2 Å². The number of hydrogen-bond acceptors (Lipinski definition) is 7. The fraction of sp³-hybridized carbons (Fsp3) is 0.250. The maximum Gasteiger partial charge on any atom is 0.331 e. The molecule has 0 radical (unpaired) electrons. The summed E-state index contributed by atoms with van der Waals surface area (Å²) in [5.41, 5.74) is 1.95. The highest BCUT2D eigenvalue weighted by Gasteiger charge is 2.56. The first-order valence-corrected chi connectivity index (χ1v) is 8.58. The van der Waals surface area contributed by atoms with E-state index in [1.54, 1.807) is 23.3 Å². The van der Waals surface area contributed by atoms with E-state index in [4.69, 9.17) is 9.47 Å². The average Bonchev–Trinajstić information content (AvgIpc) is 3.08. The summed E-state index contributed by atoms with van der Waals surface area (Å²) in [5.74, 6) is -1.20. The molecule has 0 saturated carbocycles. The first kappa shape index (κ1) is 17.1. The maximum atomic E-state index is 12.8. The third-order valence-electron chi connectivity index (χ3n) is 5.00. The molecule has 7 nitrogen and oxygen atoms in total. The molecule has 0 amide bonds. The second kappa shape index (κ2) is 6.75. The van der Waals surface area contributed by atoms with Gasteiger partial charge in [-0.15, -0.1) is 0 Å². The van der Waals surface area contributed by atoms with Gasteiger partial charge in [-0.25, -0.2) is 9.78 Å². The van der Waals surface area contributed by atoms with Crippen LogP contribution in [0.15, 0.2) is 54.9 Å². The van der Waals surface area contributed by atoms with E-state index in [0.29, 0.717) is 5.82 Å². The molecule has 2 aromatic rings. The highest BCUT2D eigenvalue weighted by atomic mass is 16.5. The molecule has 3 heterocycles. The van der Waals surface area contributed by atoms with Crippen LogP contribution in [-0.2, 0) is 19.1 Å². The molecule has 1 aromatic carbocycles. The summed E-state index contributed by atoms with van der Waals surface area (Å²) in [6.45, 7) is 0. The van der Waals surface area contributed by atoms with Crippen molar-refractivity contribution in [1.29, 1.82) is 0 Å². The zero-order valence-corrected chi connectivity index (χ0v) is 15.0. The molecule has 4 rings (SSSR count). The third-order valence-corrected chi connectivity index (χ3v) is 5.00. The van der Waals surface area contributed by atoms with Gasteiger partial charge in [0.1, 0.15) is 11.7 Å². The lowest BCUT2D eigenvalue weighted by Gasteiger charge is -2.36. The Morgan fingerprint density at radius 2 is 1.74 bits per heavy atom. The van der Waals surface area contributed by atoms with Crippen molar-refractivity contribution in [2.24, 2.45) is 5.92 Å². The van der Waals surface area contributed by atoms with Gasteiger partial charge >= 0.3 is 11.9 Å². The van der Waals surface area contributed by atoms with E-state index in [0.717, 1.165) is 11.1 Å². The quantitative estimate of drug-likeness (QED) is 0.772. The van der Waals surface area contributed by atoms with Crippen molar-refractivity contribution in [3.63, 3.8) is 0 Å². The molecule has 1 aromatic heterocycles. The molecule has 7 heteroatoms. The smallest absolute Gasteiger partial charge is 0.331 e. The molecule has 1 saturated heterocycles. The largest absolute Gasteiger partial charge is 0.469 e. The van der Waals surface area contributed by atoms with Gasteiger partial charge in [-0.05, 0) is 29.3 Å². The van der Waals surface area contributed by atoms with Crippen molar-refractivity contribution < 1.29 is 19.1 Å². The molecule has 1 unspecified atom stereocenters. The molecule has 1 fully saturated rings. The second-order valence-corrected chi connectivity index (χ2v) is 6.32. The van der Waals surface area contributed by atoms with E-state index in [-0.39, 0.29) is 0 Å². The predicted octanol–water partition coefficient (Wildman–Crippen LogP) is 2.17. The lowest BCUT2D eigenvalue weighted by Crippen LogP contribution is -2.46. The number of benzene rings is 1. The first-order valence-electron chi connectivity index (χ1n) is 8.58. The minimum Gasteiger partial charge on any atom is -0.469 e. The molecule has 0 bridgehead atoms. The molecular weight excluding hydrogens is 346 g/mol. The van der Waals surface area contributed by atoms with Crippen LogP contribution < -0.4 is 5.01 Å². The Hall–Kier alpha value is -3.35. The normalized spacial score (nSPS) is 22.8. The molecular formula is C20H19N3O4. The van der Waals surface area contributed by atoms with Crippen molar-refractivity contribution in [1.82, 2.24) is 9.99 Å². The van der Waals surface area contributed by atoms with E-state index in [2.05, 4.69) is 4.98 Å². The van der Waals surface area contributed by atoms with Gasteiger partial charge in [0.25, 0.3) is 0 Å². The summed E-state index contributed by atoms with van der Waals surface area (Å²) in [5, 5.41) is 3.58. The number of fused-ring (bicyclic) bond motifs is 3. The summed E-state index contributed by atoms with van der Waals surface area (Å²) in [6.07, 6.45) is 5.46. The number of hydrogen-bond donors (Lipinski definition) is 0. The van der Waals surface area contributed by atoms with Crippen LogP contribution in [0.2, 0.25) is 0 Å². The zero-order chi connectivity index (χ0) is 19.0. The van der Waals surface area contributed by atoms with Crippen molar-refractivity contribution in [2.75, 3.05) is 19.2 Å². The molecule has 138 valence electrons. The number of aromatic nitrogens is 1. The lowest BCUT2D eigenvalue weighted by molar-refractivity contribution is -0.153. The van der Waals surface area contributed by atoms with Gasteiger partial charge in [0.05, 0.1) is 20.3 Å². The third kappa shape index (κ3) is 2.63. The van der Waals surface area contributed by atoms with Gasteiger partial charge in [-0.1, -0.05) is 30.3 Å². The lowest BCUT2D eigenvalue weighted by atomic mass is 9.85. The van der Waals surface area contributed by atoms with E-state index in [1.807, 2.05) is 47.6 Å². The number of nitrogens with zero attached hydrogens (tertiary/aromatic N) is 3. The van der Waals surface area contributed by atoms with E-state index in [1.165, 1.54) is 14.2 Å². The average molecular weight is 365 g/mol.